The van der Waals surface area contributed by atoms with Crippen LogP contribution in [-0.2, 0) is 15.0 Å². The maximum Gasteiger partial charge on any atom is 0.223 e. The highest BCUT2D eigenvalue weighted by Crippen LogP contribution is 2.47. The lowest BCUT2D eigenvalue weighted by atomic mass is 9.73. The minimum absolute atomic E-state index is 0.0422. The van der Waals surface area contributed by atoms with E-state index >= 15 is 0 Å². The first-order valence-electron chi connectivity index (χ1n) is 10.5. The highest BCUT2D eigenvalue weighted by atomic mass is 19.1. The Bertz CT molecular complexity index is 761. The van der Waals surface area contributed by atoms with E-state index in [9.17, 15) is 9.18 Å². The first kappa shape index (κ1) is 19.4. The van der Waals surface area contributed by atoms with Crippen LogP contribution < -0.4 is 4.90 Å². The van der Waals surface area contributed by atoms with Gasteiger partial charge in [0.15, 0.2) is 0 Å². The van der Waals surface area contributed by atoms with E-state index in [1.54, 1.807) is 19.1 Å². The Morgan fingerprint density at radius 2 is 2.00 bits per heavy atom. The Hall–Kier alpha value is -1.95. The van der Waals surface area contributed by atoms with Gasteiger partial charge in [-0.2, -0.15) is 0 Å². The molecule has 1 amide bonds. The van der Waals surface area contributed by atoms with Crippen molar-refractivity contribution in [3.05, 3.63) is 29.6 Å². The Morgan fingerprint density at radius 1 is 1.29 bits per heavy atom. The standard InChI is InChI=1S/C22H30FN3O2/c1-3-28-24-18-5-7-19(8-6-18)25-12-10-22(11-13-25)15-26(16(2)27)21-9-4-17(23)14-20(21)22/h4,9,14,19H,3,5-8,10-13,15H2,1-2H3. The molecule has 28 heavy (non-hydrogen) atoms. The van der Waals surface area contributed by atoms with Crippen molar-refractivity contribution in [1.82, 2.24) is 4.90 Å². The van der Waals surface area contributed by atoms with E-state index in [1.165, 1.54) is 11.8 Å². The van der Waals surface area contributed by atoms with Crippen LogP contribution in [0.4, 0.5) is 10.1 Å². The molecule has 1 spiro atoms. The van der Waals surface area contributed by atoms with Crippen molar-refractivity contribution in [1.29, 1.82) is 0 Å². The maximum atomic E-state index is 14.0. The van der Waals surface area contributed by atoms with Gasteiger partial charge in [0.25, 0.3) is 0 Å². The number of rotatable bonds is 3. The van der Waals surface area contributed by atoms with Gasteiger partial charge in [0.05, 0.1) is 5.71 Å². The number of likely N-dealkylation sites (tertiary alicyclic amines) is 1. The van der Waals surface area contributed by atoms with Crippen LogP contribution in [0, 0.1) is 5.82 Å². The van der Waals surface area contributed by atoms with Gasteiger partial charge in [-0.3, -0.25) is 4.79 Å². The van der Waals surface area contributed by atoms with Gasteiger partial charge in [-0.15, -0.1) is 0 Å². The molecule has 1 aromatic rings. The summed E-state index contributed by atoms with van der Waals surface area (Å²) in [6.07, 6.45) is 6.23. The molecule has 0 bridgehead atoms. The summed E-state index contributed by atoms with van der Waals surface area (Å²) in [5.74, 6) is -0.167. The molecule has 5 nitrogen and oxygen atoms in total. The second-order valence-corrected chi connectivity index (χ2v) is 8.39. The SMILES string of the molecule is CCON=C1CCC(N2CCC3(CC2)CN(C(C)=O)c2ccc(F)cc23)CC1. The summed E-state index contributed by atoms with van der Waals surface area (Å²) in [6, 6.07) is 5.49. The number of amides is 1. The first-order chi connectivity index (χ1) is 13.5. The van der Waals surface area contributed by atoms with E-state index in [0.29, 0.717) is 19.2 Å². The number of anilines is 1. The summed E-state index contributed by atoms with van der Waals surface area (Å²) in [5.41, 5.74) is 3.01. The molecular formula is C22H30FN3O2. The van der Waals surface area contributed by atoms with Gasteiger partial charge in [0, 0.05) is 30.6 Å². The average Bonchev–Trinajstić information content (AvgIpc) is 3.01. The van der Waals surface area contributed by atoms with Gasteiger partial charge in [0.2, 0.25) is 5.91 Å². The number of halogens is 1. The summed E-state index contributed by atoms with van der Waals surface area (Å²) >= 11 is 0. The molecule has 0 unspecified atom stereocenters. The molecule has 1 saturated heterocycles. The van der Waals surface area contributed by atoms with Crippen molar-refractivity contribution in [2.45, 2.75) is 63.8 Å². The van der Waals surface area contributed by atoms with Crippen LogP contribution in [0.25, 0.3) is 0 Å². The van der Waals surface area contributed by atoms with E-state index in [2.05, 4.69) is 10.1 Å². The molecule has 1 aromatic carbocycles. The lowest BCUT2D eigenvalue weighted by Crippen LogP contribution is -2.49. The highest BCUT2D eigenvalue weighted by molar-refractivity contribution is 5.94. The molecule has 6 heteroatoms. The first-order valence-corrected chi connectivity index (χ1v) is 10.5. The lowest BCUT2D eigenvalue weighted by molar-refractivity contribution is -0.116. The number of carbonyl (C=O) groups is 1. The third kappa shape index (κ3) is 3.54. The lowest BCUT2D eigenvalue weighted by Gasteiger charge is -2.44. The van der Waals surface area contributed by atoms with E-state index in [1.807, 2.05) is 11.8 Å². The van der Waals surface area contributed by atoms with Gasteiger partial charge >= 0.3 is 0 Å². The monoisotopic (exact) mass is 387 g/mol. The molecular weight excluding hydrogens is 357 g/mol. The number of carbonyl (C=O) groups excluding carboxylic acids is 1. The van der Waals surface area contributed by atoms with Gasteiger partial charge in [-0.05, 0) is 82.3 Å². The zero-order chi connectivity index (χ0) is 19.7. The Balaban J connectivity index is 1.43. The molecule has 2 fully saturated rings. The molecule has 1 aliphatic carbocycles. The molecule has 4 rings (SSSR count). The van der Waals surface area contributed by atoms with Crippen molar-refractivity contribution in [2.75, 3.05) is 31.1 Å². The van der Waals surface area contributed by atoms with Crippen LogP contribution in [0.1, 0.15) is 57.9 Å². The Kier molecular flexibility index (Phi) is 5.41. The topological polar surface area (TPSA) is 45.1 Å². The van der Waals surface area contributed by atoms with Crippen molar-refractivity contribution in [3.63, 3.8) is 0 Å². The molecule has 3 aliphatic rings. The summed E-state index contributed by atoms with van der Waals surface area (Å²) in [6.45, 7) is 6.88. The number of hydrogen-bond acceptors (Lipinski definition) is 4. The smallest absolute Gasteiger partial charge is 0.223 e. The molecule has 2 aliphatic heterocycles. The van der Waals surface area contributed by atoms with E-state index < -0.39 is 0 Å². The van der Waals surface area contributed by atoms with Crippen molar-refractivity contribution >= 4 is 17.3 Å². The fourth-order valence-corrected chi connectivity index (χ4v) is 5.22. The van der Waals surface area contributed by atoms with Gasteiger partial charge < -0.3 is 14.6 Å². The van der Waals surface area contributed by atoms with Crippen LogP contribution in [0.2, 0.25) is 0 Å². The zero-order valence-corrected chi connectivity index (χ0v) is 16.9. The molecule has 0 N–H and O–H groups in total. The summed E-state index contributed by atoms with van der Waals surface area (Å²) in [4.78, 5) is 21.8. The maximum absolute atomic E-state index is 14.0. The van der Waals surface area contributed by atoms with Crippen LogP contribution in [-0.4, -0.2) is 48.8 Å². The minimum Gasteiger partial charge on any atom is -0.396 e. The van der Waals surface area contributed by atoms with Crippen molar-refractivity contribution < 1.29 is 14.0 Å². The normalized spacial score (nSPS) is 24.3. The van der Waals surface area contributed by atoms with Gasteiger partial charge in [-0.1, -0.05) is 5.16 Å². The van der Waals surface area contributed by atoms with E-state index in [-0.39, 0.29) is 17.1 Å². The van der Waals surface area contributed by atoms with Crippen molar-refractivity contribution in [3.8, 4) is 0 Å². The van der Waals surface area contributed by atoms with Crippen LogP contribution >= 0.6 is 0 Å². The van der Waals surface area contributed by atoms with Crippen LogP contribution in [0.5, 0.6) is 0 Å². The van der Waals surface area contributed by atoms with Crippen molar-refractivity contribution in [2.24, 2.45) is 5.16 Å². The quantitative estimate of drug-likeness (QED) is 0.740. The molecule has 152 valence electrons. The number of piperidine rings is 1. The van der Waals surface area contributed by atoms with Crippen LogP contribution in [0.3, 0.4) is 0 Å². The van der Waals surface area contributed by atoms with E-state index in [4.69, 9.17) is 4.84 Å². The number of benzene rings is 1. The van der Waals surface area contributed by atoms with Gasteiger partial charge in [0.1, 0.15) is 12.4 Å². The predicted octanol–water partition coefficient (Wildman–Crippen LogP) is 3.86. The molecule has 0 atom stereocenters. The summed E-state index contributed by atoms with van der Waals surface area (Å²) in [5, 5.41) is 4.22. The highest BCUT2D eigenvalue weighted by Gasteiger charge is 2.46. The summed E-state index contributed by atoms with van der Waals surface area (Å²) < 4.78 is 14.0. The Labute approximate surface area is 166 Å². The van der Waals surface area contributed by atoms with Crippen LogP contribution in [0.15, 0.2) is 23.4 Å². The number of oxime groups is 1. The molecule has 2 heterocycles. The number of nitrogens with zero attached hydrogens (tertiary/aromatic N) is 3. The zero-order valence-electron chi connectivity index (χ0n) is 16.9. The molecule has 0 radical (unpaired) electrons. The second-order valence-electron chi connectivity index (χ2n) is 8.39. The number of hydrogen-bond donors (Lipinski definition) is 0. The second kappa shape index (κ2) is 7.82. The fraction of sp³-hybridized carbons (Fsp3) is 0.636. The van der Waals surface area contributed by atoms with E-state index in [0.717, 1.165) is 62.9 Å². The fourth-order valence-electron chi connectivity index (χ4n) is 5.22. The Morgan fingerprint density at radius 3 is 2.64 bits per heavy atom. The third-order valence-corrected chi connectivity index (χ3v) is 6.79. The van der Waals surface area contributed by atoms with Gasteiger partial charge in [-0.25, -0.2) is 4.39 Å². The molecule has 0 aromatic heterocycles. The largest absolute Gasteiger partial charge is 0.396 e. The average molecular weight is 387 g/mol. The molecule has 1 saturated carbocycles. The predicted molar refractivity (Wildman–Crippen MR) is 108 cm³/mol. The number of fused-ring (bicyclic) bond motifs is 2. The third-order valence-electron chi connectivity index (χ3n) is 6.79. The minimum atomic E-state index is -0.209. The summed E-state index contributed by atoms with van der Waals surface area (Å²) in [7, 11) is 0.